The van der Waals surface area contributed by atoms with E-state index in [1.54, 1.807) is 6.07 Å². The maximum Gasteiger partial charge on any atom is 0.369 e. The molecule has 0 amide bonds. The zero-order chi connectivity index (χ0) is 13.2. The monoisotopic (exact) mass is 292 g/mol. The van der Waals surface area contributed by atoms with Crippen LogP contribution >= 0.6 is 22.9 Å². The summed E-state index contributed by atoms with van der Waals surface area (Å²) in [5.74, 6) is 0. The molecule has 0 atom stereocenters. The molecule has 0 N–H and O–H groups in total. The summed E-state index contributed by atoms with van der Waals surface area (Å²) in [5.41, 5.74) is 0.562. The van der Waals surface area contributed by atoms with E-state index in [4.69, 9.17) is 11.6 Å². The van der Waals surface area contributed by atoms with Gasteiger partial charge in [0.1, 0.15) is 5.00 Å². The third kappa shape index (κ3) is 2.32. The minimum Gasteiger partial charge on any atom is -0.244 e. The molecule has 3 aromatic rings. The maximum absolute atomic E-state index is 12.1. The molecule has 0 saturated carbocycles. The maximum atomic E-state index is 12.1. The topological polar surface area (TPSA) is 52.7 Å². The largest absolute Gasteiger partial charge is 0.369 e. The standard InChI is InChI=1S/C12H9ClN4OS/c13-10-5-2-1-4-9(10)8-16-12(18)17(15-14-16)11-6-3-7-19-11/h1-7H,8H2. The van der Waals surface area contributed by atoms with E-state index in [0.717, 1.165) is 10.6 Å². The first-order chi connectivity index (χ1) is 9.25. The quantitative estimate of drug-likeness (QED) is 0.743. The van der Waals surface area contributed by atoms with Crippen LogP contribution < -0.4 is 5.69 Å². The van der Waals surface area contributed by atoms with Crippen LogP contribution in [0.5, 0.6) is 0 Å². The summed E-state index contributed by atoms with van der Waals surface area (Å²) in [5, 5.41) is 11.0. The SMILES string of the molecule is O=c1n(Cc2ccccc2Cl)nnn1-c1cccs1. The molecule has 96 valence electrons. The second-order valence-electron chi connectivity index (χ2n) is 3.87. The van der Waals surface area contributed by atoms with Gasteiger partial charge >= 0.3 is 5.69 Å². The van der Waals surface area contributed by atoms with E-state index >= 15 is 0 Å². The highest BCUT2D eigenvalue weighted by atomic mass is 35.5. The third-order valence-corrected chi connectivity index (χ3v) is 3.84. The van der Waals surface area contributed by atoms with Crippen molar-refractivity contribution in [1.29, 1.82) is 0 Å². The van der Waals surface area contributed by atoms with Crippen molar-refractivity contribution in [1.82, 2.24) is 19.8 Å². The van der Waals surface area contributed by atoms with Crippen LogP contribution in [0.1, 0.15) is 5.56 Å². The van der Waals surface area contributed by atoms with Crippen molar-refractivity contribution in [2.24, 2.45) is 0 Å². The number of thiophene rings is 1. The van der Waals surface area contributed by atoms with Gasteiger partial charge in [-0.05, 0) is 39.6 Å². The van der Waals surface area contributed by atoms with E-state index in [-0.39, 0.29) is 5.69 Å². The second-order valence-corrected chi connectivity index (χ2v) is 5.21. The van der Waals surface area contributed by atoms with E-state index in [2.05, 4.69) is 10.4 Å². The lowest BCUT2D eigenvalue weighted by atomic mass is 10.2. The number of halogens is 1. The van der Waals surface area contributed by atoms with Crippen molar-refractivity contribution in [3.63, 3.8) is 0 Å². The van der Waals surface area contributed by atoms with Crippen LogP contribution in [0.2, 0.25) is 5.02 Å². The van der Waals surface area contributed by atoms with Gasteiger partial charge in [-0.2, -0.15) is 9.36 Å². The molecule has 5 nitrogen and oxygen atoms in total. The van der Waals surface area contributed by atoms with Crippen molar-refractivity contribution in [3.8, 4) is 5.00 Å². The predicted molar refractivity (Wildman–Crippen MR) is 74.1 cm³/mol. The fourth-order valence-electron chi connectivity index (χ4n) is 1.69. The Morgan fingerprint density at radius 2 is 2.00 bits per heavy atom. The third-order valence-electron chi connectivity index (χ3n) is 2.63. The Hall–Kier alpha value is -1.92. The Morgan fingerprint density at radius 1 is 1.16 bits per heavy atom. The molecule has 0 unspecified atom stereocenters. The highest BCUT2D eigenvalue weighted by Crippen LogP contribution is 2.15. The minimum absolute atomic E-state index is 0.276. The first-order valence-corrected chi connectivity index (χ1v) is 6.81. The molecule has 0 saturated heterocycles. The molecule has 7 heteroatoms. The summed E-state index contributed by atoms with van der Waals surface area (Å²) in [6, 6.07) is 11.0. The smallest absolute Gasteiger partial charge is 0.244 e. The molecule has 19 heavy (non-hydrogen) atoms. The first-order valence-electron chi connectivity index (χ1n) is 5.56. The molecule has 2 heterocycles. The van der Waals surface area contributed by atoms with Gasteiger partial charge in [-0.3, -0.25) is 0 Å². The van der Waals surface area contributed by atoms with Crippen molar-refractivity contribution in [2.75, 3.05) is 0 Å². The predicted octanol–water partition coefficient (Wildman–Crippen LogP) is 2.19. The van der Waals surface area contributed by atoms with Crippen molar-refractivity contribution < 1.29 is 0 Å². The summed E-state index contributed by atoms with van der Waals surface area (Å²) >= 11 is 7.50. The van der Waals surface area contributed by atoms with Crippen molar-refractivity contribution >= 4 is 22.9 Å². The lowest BCUT2D eigenvalue weighted by Crippen LogP contribution is -2.24. The molecule has 0 aliphatic carbocycles. The molecule has 0 spiro atoms. The van der Waals surface area contributed by atoms with Gasteiger partial charge in [0, 0.05) is 5.02 Å². The van der Waals surface area contributed by atoms with Crippen LogP contribution in [0.25, 0.3) is 5.00 Å². The molecular weight excluding hydrogens is 284 g/mol. The molecule has 1 aromatic carbocycles. The van der Waals surface area contributed by atoms with Crippen LogP contribution in [-0.4, -0.2) is 19.8 Å². The zero-order valence-corrected chi connectivity index (χ0v) is 11.3. The Kier molecular flexibility index (Phi) is 3.18. The Bertz CT molecular complexity index is 747. The Balaban J connectivity index is 1.96. The Labute approximate surface area is 117 Å². The van der Waals surface area contributed by atoms with E-state index in [9.17, 15) is 4.79 Å². The Morgan fingerprint density at radius 3 is 2.74 bits per heavy atom. The summed E-state index contributed by atoms with van der Waals surface area (Å²) in [7, 11) is 0. The number of tetrazole rings is 1. The van der Waals surface area contributed by atoms with Gasteiger partial charge < -0.3 is 0 Å². The fraction of sp³-hybridized carbons (Fsp3) is 0.0833. The van der Waals surface area contributed by atoms with Crippen LogP contribution in [0.3, 0.4) is 0 Å². The summed E-state index contributed by atoms with van der Waals surface area (Å²) in [6.07, 6.45) is 0. The molecule has 0 fully saturated rings. The van der Waals surface area contributed by atoms with Crippen molar-refractivity contribution in [3.05, 3.63) is 62.8 Å². The lowest BCUT2D eigenvalue weighted by Gasteiger charge is -2.01. The molecule has 0 aliphatic rings. The first kappa shape index (κ1) is 12.1. The highest BCUT2D eigenvalue weighted by Gasteiger charge is 2.10. The molecular formula is C12H9ClN4OS. The number of nitrogens with zero attached hydrogens (tertiary/aromatic N) is 4. The molecule has 0 aliphatic heterocycles. The number of rotatable bonds is 3. The van der Waals surface area contributed by atoms with Gasteiger partial charge in [-0.1, -0.05) is 29.8 Å². The molecule has 0 radical (unpaired) electrons. The second kappa shape index (κ2) is 4.99. The summed E-state index contributed by atoms with van der Waals surface area (Å²) < 4.78 is 2.57. The van der Waals surface area contributed by atoms with E-state index in [1.807, 2.05) is 35.7 Å². The number of benzene rings is 1. The summed E-state index contributed by atoms with van der Waals surface area (Å²) in [4.78, 5) is 12.1. The number of hydrogen-bond acceptors (Lipinski definition) is 4. The number of aromatic nitrogens is 4. The average molecular weight is 293 g/mol. The van der Waals surface area contributed by atoms with E-state index in [1.165, 1.54) is 20.7 Å². The van der Waals surface area contributed by atoms with Gasteiger partial charge in [0.15, 0.2) is 0 Å². The normalized spacial score (nSPS) is 10.8. The van der Waals surface area contributed by atoms with Crippen molar-refractivity contribution in [2.45, 2.75) is 6.54 Å². The molecule has 0 bridgehead atoms. The highest BCUT2D eigenvalue weighted by molar-refractivity contribution is 7.12. The lowest BCUT2D eigenvalue weighted by molar-refractivity contribution is 0.632. The zero-order valence-electron chi connectivity index (χ0n) is 9.73. The summed E-state index contributed by atoms with van der Waals surface area (Å²) in [6.45, 7) is 0.309. The molecule has 3 rings (SSSR count). The van der Waals surface area contributed by atoms with Crippen LogP contribution in [0, 0.1) is 0 Å². The fourth-order valence-corrected chi connectivity index (χ4v) is 2.55. The van der Waals surface area contributed by atoms with Crippen LogP contribution in [0.4, 0.5) is 0 Å². The van der Waals surface area contributed by atoms with E-state index < -0.39 is 0 Å². The van der Waals surface area contributed by atoms with Crippen LogP contribution in [0.15, 0.2) is 46.6 Å². The number of hydrogen-bond donors (Lipinski definition) is 0. The van der Waals surface area contributed by atoms with Gasteiger partial charge in [-0.25, -0.2) is 4.79 Å². The minimum atomic E-state index is -0.276. The van der Waals surface area contributed by atoms with Gasteiger partial charge in [0.25, 0.3) is 0 Å². The van der Waals surface area contributed by atoms with Gasteiger partial charge in [-0.15, -0.1) is 11.3 Å². The van der Waals surface area contributed by atoms with Gasteiger partial charge in [0.05, 0.1) is 6.54 Å². The van der Waals surface area contributed by atoms with E-state index in [0.29, 0.717) is 11.6 Å². The average Bonchev–Trinajstić information content (AvgIpc) is 3.03. The van der Waals surface area contributed by atoms with Gasteiger partial charge in [0.2, 0.25) is 0 Å². The molecule has 2 aromatic heterocycles. The van der Waals surface area contributed by atoms with Crippen LogP contribution in [-0.2, 0) is 6.54 Å².